The Morgan fingerprint density at radius 1 is 1.20 bits per heavy atom. The molecule has 20 heavy (non-hydrogen) atoms. The Morgan fingerprint density at radius 3 is 2.50 bits per heavy atom. The maximum atomic E-state index is 13.4. The van der Waals surface area contributed by atoms with E-state index in [1.807, 2.05) is 38.1 Å². The van der Waals surface area contributed by atoms with Gasteiger partial charge in [0.05, 0.1) is 11.6 Å². The van der Waals surface area contributed by atoms with Crippen LogP contribution in [0.5, 0.6) is 5.75 Å². The van der Waals surface area contributed by atoms with Crippen LogP contribution >= 0.6 is 11.6 Å². The second kappa shape index (κ2) is 6.62. The first-order chi connectivity index (χ1) is 9.60. The Bertz CT molecular complexity index is 571. The summed E-state index contributed by atoms with van der Waals surface area (Å²) in [6.07, 6.45) is 0. The van der Waals surface area contributed by atoms with E-state index in [-0.39, 0.29) is 11.1 Å². The first-order valence-corrected chi connectivity index (χ1v) is 6.92. The molecular weight excluding hydrogens is 277 g/mol. The monoisotopic (exact) mass is 293 g/mol. The highest BCUT2D eigenvalue weighted by Crippen LogP contribution is 2.24. The predicted octanol–water partition coefficient (Wildman–Crippen LogP) is 5.05. The molecule has 2 rings (SSSR count). The van der Waals surface area contributed by atoms with Crippen LogP contribution in [0.4, 0.5) is 10.1 Å². The molecule has 4 heteroatoms. The molecule has 0 heterocycles. The summed E-state index contributed by atoms with van der Waals surface area (Å²) in [5, 5.41) is 3.37. The minimum absolute atomic E-state index is 0.0613. The van der Waals surface area contributed by atoms with Crippen molar-refractivity contribution in [1.82, 2.24) is 0 Å². The minimum Gasteiger partial charge on any atom is -0.494 e. The molecule has 2 aromatic carbocycles. The van der Waals surface area contributed by atoms with Crippen molar-refractivity contribution in [2.75, 3.05) is 11.9 Å². The molecule has 0 spiro atoms. The number of nitrogens with one attached hydrogen (secondary N) is 1. The molecule has 2 nitrogen and oxygen atoms in total. The number of hydrogen-bond acceptors (Lipinski definition) is 2. The van der Waals surface area contributed by atoms with Gasteiger partial charge in [0.1, 0.15) is 11.6 Å². The fourth-order valence-corrected chi connectivity index (χ4v) is 2.06. The van der Waals surface area contributed by atoms with Gasteiger partial charge in [-0.2, -0.15) is 0 Å². The zero-order valence-corrected chi connectivity index (χ0v) is 12.2. The summed E-state index contributed by atoms with van der Waals surface area (Å²) < 4.78 is 18.8. The van der Waals surface area contributed by atoms with Crippen LogP contribution in [0.1, 0.15) is 25.5 Å². The Labute approximate surface area is 123 Å². The number of rotatable bonds is 5. The summed E-state index contributed by atoms with van der Waals surface area (Å²) in [6, 6.07) is 12.6. The van der Waals surface area contributed by atoms with Crippen LogP contribution in [-0.2, 0) is 0 Å². The molecule has 1 atom stereocenters. The van der Waals surface area contributed by atoms with Gasteiger partial charge in [0.15, 0.2) is 0 Å². The average molecular weight is 294 g/mol. The van der Waals surface area contributed by atoms with Gasteiger partial charge >= 0.3 is 0 Å². The molecule has 0 aliphatic heterocycles. The highest BCUT2D eigenvalue weighted by atomic mass is 35.5. The maximum Gasteiger partial charge on any atom is 0.143 e. The van der Waals surface area contributed by atoms with Crippen molar-refractivity contribution >= 4 is 17.3 Å². The van der Waals surface area contributed by atoms with E-state index in [0.29, 0.717) is 12.3 Å². The second-order valence-corrected chi connectivity index (χ2v) is 4.90. The fourth-order valence-electron chi connectivity index (χ4n) is 1.94. The van der Waals surface area contributed by atoms with E-state index >= 15 is 0 Å². The number of ether oxygens (including phenoxy) is 1. The predicted molar refractivity (Wildman–Crippen MR) is 81.1 cm³/mol. The molecule has 0 aliphatic rings. The van der Waals surface area contributed by atoms with Crippen molar-refractivity contribution in [3.8, 4) is 5.75 Å². The normalized spacial score (nSPS) is 12.0. The molecule has 106 valence electrons. The van der Waals surface area contributed by atoms with Crippen LogP contribution in [0.25, 0.3) is 0 Å². The molecule has 0 fully saturated rings. The van der Waals surface area contributed by atoms with Crippen molar-refractivity contribution in [2.24, 2.45) is 0 Å². The van der Waals surface area contributed by atoms with Crippen LogP contribution in [-0.4, -0.2) is 6.61 Å². The minimum atomic E-state index is -0.421. The van der Waals surface area contributed by atoms with Crippen molar-refractivity contribution < 1.29 is 9.13 Å². The van der Waals surface area contributed by atoms with Crippen molar-refractivity contribution in [3.05, 3.63) is 58.9 Å². The average Bonchev–Trinajstić information content (AvgIpc) is 2.44. The third-order valence-electron chi connectivity index (χ3n) is 2.99. The van der Waals surface area contributed by atoms with E-state index in [4.69, 9.17) is 16.3 Å². The molecule has 1 unspecified atom stereocenters. The van der Waals surface area contributed by atoms with Crippen molar-refractivity contribution in [2.45, 2.75) is 19.9 Å². The Morgan fingerprint density at radius 2 is 1.90 bits per heavy atom. The van der Waals surface area contributed by atoms with Gasteiger partial charge in [-0.15, -0.1) is 0 Å². The van der Waals surface area contributed by atoms with Crippen molar-refractivity contribution in [1.29, 1.82) is 0 Å². The quantitative estimate of drug-likeness (QED) is 0.833. The van der Waals surface area contributed by atoms with E-state index in [0.717, 1.165) is 11.3 Å². The molecule has 0 saturated heterocycles. The Hall–Kier alpha value is -1.74. The smallest absolute Gasteiger partial charge is 0.143 e. The molecule has 0 saturated carbocycles. The second-order valence-electron chi connectivity index (χ2n) is 4.50. The third kappa shape index (κ3) is 3.64. The van der Waals surface area contributed by atoms with Crippen LogP contribution in [0.15, 0.2) is 42.5 Å². The lowest BCUT2D eigenvalue weighted by atomic mass is 10.1. The van der Waals surface area contributed by atoms with E-state index in [1.165, 1.54) is 6.07 Å². The van der Waals surface area contributed by atoms with Gasteiger partial charge in [-0.25, -0.2) is 4.39 Å². The summed E-state index contributed by atoms with van der Waals surface area (Å²) in [5.74, 6) is 0.427. The molecule has 2 aromatic rings. The first kappa shape index (κ1) is 14.7. The number of anilines is 1. The first-order valence-electron chi connectivity index (χ1n) is 6.54. The summed E-state index contributed by atoms with van der Waals surface area (Å²) >= 11 is 5.66. The van der Waals surface area contributed by atoms with Crippen molar-refractivity contribution in [3.63, 3.8) is 0 Å². The molecule has 0 aromatic heterocycles. The number of hydrogen-bond donors (Lipinski definition) is 1. The van der Waals surface area contributed by atoms with Crippen LogP contribution in [0, 0.1) is 5.82 Å². The topological polar surface area (TPSA) is 21.3 Å². The lowest BCUT2D eigenvalue weighted by Gasteiger charge is -2.16. The van der Waals surface area contributed by atoms with E-state index < -0.39 is 5.82 Å². The van der Waals surface area contributed by atoms with Crippen LogP contribution in [0.3, 0.4) is 0 Å². The van der Waals surface area contributed by atoms with E-state index in [1.54, 1.807) is 12.1 Å². The summed E-state index contributed by atoms with van der Waals surface area (Å²) in [7, 11) is 0. The van der Waals surface area contributed by atoms with Gasteiger partial charge in [0.25, 0.3) is 0 Å². The lowest BCUT2D eigenvalue weighted by molar-refractivity contribution is 0.340. The standard InChI is InChI=1S/C16H17ClFNO/c1-3-20-14-7-4-12(5-8-14)11(2)19-13-6-9-15(17)16(18)10-13/h4-11,19H,3H2,1-2H3. The largest absolute Gasteiger partial charge is 0.494 e. The Kier molecular flexibility index (Phi) is 4.85. The van der Waals surface area contributed by atoms with E-state index in [9.17, 15) is 4.39 Å². The summed E-state index contributed by atoms with van der Waals surface area (Å²) in [4.78, 5) is 0. The van der Waals surface area contributed by atoms with Gasteiger partial charge in [-0.3, -0.25) is 0 Å². The van der Waals surface area contributed by atoms with E-state index in [2.05, 4.69) is 5.32 Å². The van der Waals surface area contributed by atoms with Crippen LogP contribution in [0.2, 0.25) is 5.02 Å². The zero-order valence-electron chi connectivity index (χ0n) is 11.5. The van der Waals surface area contributed by atoms with Crippen LogP contribution < -0.4 is 10.1 Å². The highest BCUT2D eigenvalue weighted by Gasteiger charge is 2.07. The lowest BCUT2D eigenvalue weighted by Crippen LogP contribution is -2.06. The molecule has 0 radical (unpaired) electrons. The Balaban J connectivity index is 2.06. The maximum absolute atomic E-state index is 13.4. The van der Waals surface area contributed by atoms with Gasteiger partial charge in [-0.1, -0.05) is 23.7 Å². The molecule has 0 amide bonds. The number of halogens is 2. The molecule has 0 bridgehead atoms. The third-order valence-corrected chi connectivity index (χ3v) is 3.30. The van der Waals surface area contributed by atoms with Gasteiger partial charge in [0, 0.05) is 11.7 Å². The molecule has 0 aliphatic carbocycles. The van der Waals surface area contributed by atoms with Gasteiger partial charge in [0.2, 0.25) is 0 Å². The molecular formula is C16H17ClFNO. The SMILES string of the molecule is CCOc1ccc(C(C)Nc2ccc(Cl)c(F)c2)cc1. The summed E-state index contributed by atoms with van der Waals surface area (Å²) in [6.45, 7) is 4.62. The van der Waals surface area contributed by atoms with Gasteiger partial charge < -0.3 is 10.1 Å². The summed E-state index contributed by atoms with van der Waals surface area (Å²) in [5.41, 5.74) is 1.80. The highest BCUT2D eigenvalue weighted by molar-refractivity contribution is 6.30. The van der Waals surface area contributed by atoms with Gasteiger partial charge in [-0.05, 0) is 49.7 Å². The fraction of sp³-hybridized carbons (Fsp3) is 0.250. The number of benzene rings is 2. The zero-order chi connectivity index (χ0) is 14.5. The molecule has 1 N–H and O–H groups in total.